The summed E-state index contributed by atoms with van der Waals surface area (Å²) in [7, 11) is -3.11. The van der Waals surface area contributed by atoms with Crippen molar-refractivity contribution in [3.8, 4) is 0 Å². The number of sulfone groups is 1. The lowest BCUT2D eigenvalue weighted by Crippen LogP contribution is -2.43. The number of likely N-dealkylation sites (N-methyl/N-ethyl adjacent to an activating group) is 1. The topological polar surface area (TPSA) is 110 Å². The Morgan fingerprint density at radius 1 is 1.30 bits per heavy atom. The lowest BCUT2D eigenvalue weighted by molar-refractivity contribution is -0.151. The number of ether oxygens (including phenoxy) is 1. The molecule has 27 heavy (non-hydrogen) atoms. The van der Waals surface area contributed by atoms with Crippen LogP contribution in [0.25, 0.3) is 0 Å². The van der Waals surface area contributed by atoms with Gasteiger partial charge in [-0.2, -0.15) is 0 Å². The van der Waals surface area contributed by atoms with E-state index in [1.165, 1.54) is 4.90 Å². The molecule has 1 N–H and O–H groups in total. The Bertz CT molecular complexity index is 821. The van der Waals surface area contributed by atoms with Gasteiger partial charge in [0.25, 0.3) is 11.8 Å². The van der Waals surface area contributed by atoms with Crippen LogP contribution in [0.2, 0.25) is 0 Å². The highest BCUT2D eigenvalue weighted by Crippen LogP contribution is 2.17. The second kappa shape index (κ2) is 8.98. The van der Waals surface area contributed by atoms with Crippen LogP contribution < -0.4 is 5.32 Å². The largest absolute Gasteiger partial charge is 0.454 e. The minimum Gasteiger partial charge on any atom is -0.454 e. The van der Waals surface area contributed by atoms with Gasteiger partial charge in [0.15, 0.2) is 16.4 Å². The molecule has 9 heteroatoms. The molecular formula is C18H24N2O6S. The number of hydrogen-bond acceptors (Lipinski definition) is 6. The summed E-state index contributed by atoms with van der Waals surface area (Å²) in [6.07, 6.45) is 0.391. The highest BCUT2D eigenvalue weighted by molar-refractivity contribution is 7.91. The number of carbonyl (C=O) groups excluding carboxylic acids is 3. The van der Waals surface area contributed by atoms with Crippen LogP contribution in [-0.4, -0.2) is 68.3 Å². The third-order valence-corrected chi connectivity index (χ3v) is 6.09. The van der Waals surface area contributed by atoms with Crippen molar-refractivity contribution in [2.45, 2.75) is 26.3 Å². The maximum absolute atomic E-state index is 12.2. The maximum Gasteiger partial charge on any atom is 0.325 e. The molecule has 1 fully saturated rings. The van der Waals surface area contributed by atoms with E-state index in [0.717, 1.165) is 5.56 Å². The summed E-state index contributed by atoms with van der Waals surface area (Å²) in [5, 5.41) is 2.44. The number of carbonyl (C=O) groups is 3. The van der Waals surface area contributed by atoms with E-state index >= 15 is 0 Å². The van der Waals surface area contributed by atoms with Gasteiger partial charge in [0.05, 0.1) is 11.5 Å². The van der Waals surface area contributed by atoms with Crippen LogP contribution in [0.3, 0.4) is 0 Å². The summed E-state index contributed by atoms with van der Waals surface area (Å²) in [6.45, 7) is 3.09. The molecule has 1 aliphatic rings. The van der Waals surface area contributed by atoms with E-state index in [2.05, 4.69) is 5.32 Å². The minimum atomic E-state index is -3.11. The first kappa shape index (κ1) is 20.9. The first-order chi connectivity index (χ1) is 12.7. The number of nitrogens with zero attached hydrogens (tertiary/aromatic N) is 1. The molecule has 148 valence electrons. The second-order valence-corrected chi connectivity index (χ2v) is 8.68. The van der Waals surface area contributed by atoms with E-state index in [1.54, 1.807) is 25.1 Å². The molecular weight excluding hydrogens is 372 g/mol. The van der Waals surface area contributed by atoms with E-state index in [4.69, 9.17) is 4.74 Å². The molecule has 1 aliphatic heterocycles. The molecule has 1 heterocycles. The van der Waals surface area contributed by atoms with E-state index < -0.39 is 34.2 Å². The van der Waals surface area contributed by atoms with Crippen LogP contribution >= 0.6 is 0 Å². The van der Waals surface area contributed by atoms with Crippen LogP contribution in [0.4, 0.5) is 0 Å². The molecule has 1 aromatic rings. The molecule has 0 unspecified atom stereocenters. The van der Waals surface area contributed by atoms with Crippen LogP contribution in [0.15, 0.2) is 24.3 Å². The Morgan fingerprint density at radius 3 is 2.63 bits per heavy atom. The van der Waals surface area contributed by atoms with Gasteiger partial charge in [-0.15, -0.1) is 0 Å². The zero-order valence-electron chi connectivity index (χ0n) is 15.4. The van der Waals surface area contributed by atoms with E-state index in [-0.39, 0.29) is 24.1 Å². The summed E-state index contributed by atoms with van der Waals surface area (Å²) in [5.74, 6) is -1.59. The third kappa shape index (κ3) is 6.06. The van der Waals surface area contributed by atoms with E-state index in [1.807, 2.05) is 13.0 Å². The molecule has 0 bridgehead atoms. The van der Waals surface area contributed by atoms with Crippen molar-refractivity contribution in [2.75, 3.05) is 31.2 Å². The maximum atomic E-state index is 12.2. The highest BCUT2D eigenvalue weighted by atomic mass is 32.2. The molecule has 0 spiro atoms. The molecule has 8 nitrogen and oxygen atoms in total. The summed E-state index contributed by atoms with van der Waals surface area (Å²) in [6, 6.07) is 6.53. The molecule has 1 aromatic carbocycles. The second-order valence-electron chi connectivity index (χ2n) is 6.45. The fourth-order valence-electron chi connectivity index (χ4n) is 2.98. The Balaban J connectivity index is 1.78. The quantitative estimate of drug-likeness (QED) is 0.664. The van der Waals surface area contributed by atoms with Gasteiger partial charge >= 0.3 is 5.97 Å². The number of amides is 2. The first-order valence-electron chi connectivity index (χ1n) is 8.72. The third-order valence-electron chi connectivity index (χ3n) is 4.34. The lowest BCUT2D eigenvalue weighted by Gasteiger charge is -2.26. The van der Waals surface area contributed by atoms with Gasteiger partial charge in [-0.25, -0.2) is 8.42 Å². The predicted molar refractivity (Wildman–Crippen MR) is 98.9 cm³/mol. The van der Waals surface area contributed by atoms with Gasteiger partial charge in [-0.3, -0.25) is 14.4 Å². The average Bonchev–Trinajstić information content (AvgIpc) is 2.98. The number of esters is 1. The number of hydrogen-bond donors (Lipinski definition) is 1. The number of rotatable bonds is 7. The summed E-state index contributed by atoms with van der Waals surface area (Å²) >= 11 is 0. The van der Waals surface area contributed by atoms with Crippen LogP contribution in [0, 0.1) is 6.92 Å². The monoisotopic (exact) mass is 396 g/mol. The number of nitrogens with one attached hydrogen (secondary N) is 1. The van der Waals surface area contributed by atoms with Crippen LogP contribution in [0.1, 0.15) is 29.3 Å². The summed E-state index contributed by atoms with van der Waals surface area (Å²) in [4.78, 5) is 37.4. The fourth-order valence-corrected chi connectivity index (χ4v) is 4.71. The van der Waals surface area contributed by atoms with Crippen molar-refractivity contribution >= 4 is 27.6 Å². The van der Waals surface area contributed by atoms with Gasteiger partial charge in [-0.1, -0.05) is 17.7 Å². The summed E-state index contributed by atoms with van der Waals surface area (Å²) < 4.78 is 28.1. The molecule has 2 rings (SSSR count). The van der Waals surface area contributed by atoms with Gasteiger partial charge in [0, 0.05) is 18.2 Å². The highest BCUT2D eigenvalue weighted by Gasteiger charge is 2.34. The molecule has 2 amide bonds. The van der Waals surface area contributed by atoms with Crippen molar-refractivity contribution in [1.29, 1.82) is 0 Å². The van der Waals surface area contributed by atoms with Crippen molar-refractivity contribution in [3.63, 3.8) is 0 Å². The van der Waals surface area contributed by atoms with Gasteiger partial charge in [0.2, 0.25) is 0 Å². The smallest absolute Gasteiger partial charge is 0.325 e. The standard InChI is InChI=1S/C18H24N2O6S/c1-3-20(15-7-8-27(24,25)12-15)16(21)11-26-17(22)10-19-18(23)14-6-4-5-13(2)9-14/h4-6,9,15H,3,7-8,10-12H2,1-2H3,(H,19,23)/t15-/m0/s1. The van der Waals surface area contributed by atoms with Crippen LogP contribution in [0.5, 0.6) is 0 Å². The lowest BCUT2D eigenvalue weighted by atomic mass is 10.1. The van der Waals surface area contributed by atoms with Crippen molar-refractivity contribution in [3.05, 3.63) is 35.4 Å². The number of benzene rings is 1. The zero-order chi connectivity index (χ0) is 20.0. The Hall–Kier alpha value is -2.42. The molecule has 0 aliphatic carbocycles. The SMILES string of the molecule is CCN(C(=O)COC(=O)CNC(=O)c1cccc(C)c1)[C@H]1CCS(=O)(=O)C1. The minimum absolute atomic E-state index is 0.0617. The van der Waals surface area contributed by atoms with Gasteiger partial charge in [0.1, 0.15) is 6.54 Å². The first-order valence-corrected chi connectivity index (χ1v) is 10.5. The molecule has 1 atom stereocenters. The van der Waals surface area contributed by atoms with E-state index in [9.17, 15) is 22.8 Å². The predicted octanol–water partition coefficient (Wildman–Crippen LogP) is 0.304. The van der Waals surface area contributed by atoms with Crippen molar-refractivity contribution in [2.24, 2.45) is 0 Å². The van der Waals surface area contributed by atoms with Gasteiger partial charge in [-0.05, 0) is 32.4 Å². The Labute approximate surface area is 158 Å². The van der Waals surface area contributed by atoms with Gasteiger partial charge < -0.3 is 15.0 Å². The fraction of sp³-hybridized carbons (Fsp3) is 0.500. The Kier molecular flexibility index (Phi) is 6.95. The number of aryl methyl sites for hydroxylation is 1. The average molecular weight is 396 g/mol. The normalized spacial score (nSPS) is 17.9. The molecule has 0 radical (unpaired) electrons. The van der Waals surface area contributed by atoms with E-state index in [0.29, 0.717) is 18.5 Å². The van der Waals surface area contributed by atoms with Crippen molar-refractivity contribution < 1.29 is 27.5 Å². The van der Waals surface area contributed by atoms with Crippen LogP contribution in [-0.2, 0) is 24.2 Å². The molecule has 1 saturated heterocycles. The molecule has 0 saturated carbocycles. The summed E-state index contributed by atoms with van der Waals surface area (Å²) in [5.41, 5.74) is 1.35. The zero-order valence-corrected chi connectivity index (χ0v) is 16.3. The Morgan fingerprint density at radius 2 is 2.04 bits per heavy atom. The van der Waals surface area contributed by atoms with Crippen molar-refractivity contribution in [1.82, 2.24) is 10.2 Å². The molecule has 0 aromatic heterocycles.